The number of carbonyl (C=O) groups excluding carboxylic acids is 1. The first-order valence-electron chi connectivity index (χ1n) is 11.0. The van der Waals surface area contributed by atoms with Crippen molar-refractivity contribution >= 4 is 34.5 Å². The summed E-state index contributed by atoms with van der Waals surface area (Å²) in [6.45, 7) is 10.7. The molecule has 1 aromatic rings. The lowest BCUT2D eigenvalue weighted by molar-refractivity contribution is -0.119. The number of anilines is 1. The summed E-state index contributed by atoms with van der Waals surface area (Å²) >= 11 is 5.37. The molecule has 6 heteroatoms. The van der Waals surface area contributed by atoms with Crippen LogP contribution in [0.5, 0.6) is 0 Å². The second-order valence-electron chi connectivity index (χ2n) is 11.5. The first kappa shape index (κ1) is 22.2. The number of hydrogen-bond donors (Lipinski definition) is 3. The fraction of sp³-hybridized carbons (Fsp3) is 0.560. The minimum atomic E-state index is -1.08. The lowest BCUT2D eigenvalue weighted by atomic mass is 9.49. The molecule has 3 aliphatic rings. The minimum absolute atomic E-state index is 0.00967. The number of para-hydroxylation sites is 1. The average Bonchev–Trinajstić information content (AvgIpc) is 2.57. The van der Waals surface area contributed by atoms with Crippen molar-refractivity contribution in [2.24, 2.45) is 21.3 Å². The molecule has 2 atom stereocenters. The highest BCUT2D eigenvalue weighted by Crippen LogP contribution is 2.61. The molecule has 0 aliphatic heterocycles. The maximum absolute atomic E-state index is 13.7. The van der Waals surface area contributed by atoms with Crippen LogP contribution < -0.4 is 10.7 Å². The number of ketones is 1. The Bertz CT molecular complexity index is 995. The van der Waals surface area contributed by atoms with Gasteiger partial charge in [0.15, 0.2) is 5.11 Å². The number of carbonyl (C=O) groups is 1. The molecule has 5 nitrogen and oxygen atoms in total. The molecule has 4 rings (SSSR count). The highest BCUT2D eigenvalue weighted by molar-refractivity contribution is 7.80. The number of nitrogens with zero attached hydrogens (tertiary/aromatic N) is 1. The van der Waals surface area contributed by atoms with E-state index in [1.54, 1.807) is 0 Å². The Hall–Kier alpha value is -2.05. The number of aliphatic hydroxyl groups is 1. The molecule has 1 saturated carbocycles. The van der Waals surface area contributed by atoms with Crippen molar-refractivity contribution in [1.29, 1.82) is 0 Å². The molecule has 0 aromatic heterocycles. The maximum atomic E-state index is 13.7. The second kappa shape index (κ2) is 7.24. The van der Waals surface area contributed by atoms with Crippen LogP contribution in [0.2, 0.25) is 0 Å². The molecule has 0 heterocycles. The van der Waals surface area contributed by atoms with Gasteiger partial charge in [0.1, 0.15) is 5.71 Å². The Morgan fingerprint density at radius 2 is 1.71 bits per heavy atom. The standard InChI is InChI=1S/C25H33N3O2S/c1-22(2)13-24(5)12-16-11-23(3,4)20(19(29)18(16)25(30,14-22)15-24)27-28-21(31)26-17-9-7-6-8-10-17/h6-10,30H,11-15H2,1-5H3,(H2,26,28,31)/b27-20+. The SMILES string of the molecule is CC1(C)CC2(C)CC3=C(C(=O)/C(=N\NC(=S)Nc4ccccc4)C(C)(C)C3)C(O)(C1)C2. The fourth-order valence-electron chi connectivity index (χ4n) is 6.63. The first-order valence-corrected chi connectivity index (χ1v) is 11.4. The molecule has 2 bridgehead atoms. The predicted octanol–water partition coefficient (Wildman–Crippen LogP) is 4.98. The van der Waals surface area contributed by atoms with E-state index in [0.717, 1.165) is 30.5 Å². The van der Waals surface area contributed by atoms with E-state index < -0.39 is 11.0 Å². The average molecular weight is 440 g/mol. The molecule has 2 unspecified atom stereocenters. The van der Waals surface area contributed by atoms with Crippen molar-refractivity contribution in [3.8, 4) is 0 Å². The van der Waals surface area contributed by atoms with Gasteiger partial charge in [-0.25, -0.2) is 0 Å². The van der Waals surface area contributed by atoms with E-state index in [4.69, 9.17) is 12.2 Å². The van der Waals surface area contributed by atoms with Gasteiger partial charge >= 0.3 is 0 Å². The lowest BCUT2D eigenvalue weighted by Gasteiger charge is -2.57. The zero-order valence-electron chi connectivity index (χ0n) is 19.1. The van der Waals surface area contributed by atoms with Crippen molar-refractivity contribution in [3.05, 3.63) is 41.5 Å². The molecule has 0 spiro atoms. The quantitative estimate of drug-likeness (QED) is 0.448. The van der Waals surface area contributed by atoms with Gasteiger partial charge < -0.3 is 10.4 Å². The van der Waals surface area contributed by atoms with E-state index in [9.17, 15) is 9.90 Å². The molecule has 31 heavy (non-hydrogen) atoms. The van der Waals surface area contributed by atoms with Crippen LogP contribution in [0.25, 0.3) is 0 Å². The van der Waals surface area contributed by atoms with Crippen LogP contribution in [0.1, 0.15) is 66.7 Å². The van der Waals surface area contributed by atoms with Crippen LogP contribution >= 0.6 is 12.2 Å². The highest BCUT2D eigenvalue weighted by atomic mass is 32.1. The molecular weight excluding hydrogens is 406 g/mol. The topological polar surface area (TPSA) is 73.7 Å². The van der Waals surface area contributed by atoms with Crippen LogP contribution in [0.15, 0.2) is 46.6 Å². The van der Waals surface area contributed by atoms with E-state index in [2.05, 4.69) is 36.6 Å². The predicted molar refractivity (Wildman–Crippen MR) is 129 cm³/mol. The van der Waals surface area contributed by atoms with Gasteiger partial charge in [0, 0.05) is 16.7 Å². The Morgan fingerprint density at radius 1 is 1.03 bits per heavy atom. The summed E-state index contributed by atoms with van der Waals surface area (Å²) in [4.78, 5) is 13.7. The van der Waals surface area contributed by atoms with Crippen LogP contribution in [0.3, 0.4) is 0 Å². The molecule has 0 saturated heterocycles. The van der Waals surface area contributed by atoms with Gasteiger partial charge in [-0.15, -0.1) is 0 Å². The number of hydrogen-bond acceptors (Lipinski definition) is 4. The normalized spacial score (nSPS) is 32.5. The Morgan fingerprint density at radius 3 is 2.39 bits per heavy atom. The van der Waals surface area contributed by atoms with Crippen LogP contribution in [-0.4, -0.2) is 27.3 Å². The third kappa shape index (κ3) is 4.20. The molecule has 1 aromatic carbocycles. The van der Waals surface area contributed by atoms with Crippen LogP contribution in [0, 0.1) is 16.2 Å². The number of nitrogens with one attached hydrogen (secondary N) is 2. The van der Waals surface area contributed by atoms with Crippen molar-refractivity contribution in [2.45, 2.75) is 72.3 Å². The number of hydrazone groups is 1. The second-order valence-corrected chi connectivity index (χ2v) is 11.9. The van der Waals surface area contributed by atoms with E-state index >= 15 is 0 Å². The fourth-order valence-corrected chi connectivity index (χ4v) is 6.79. The van der Waals surface area contributed by atoms with Crippen LogP contribution in [0.4, 0.5) is 5.69 Å². The summed E-state index contributed by atoms with van der Waals surface area (Å²) in [6.07, 6.45) is 3.91. The number of thiocarbonyl (C=S) groups is 1. The number of fused-ring (bicyclic) bond motifs is 3. The van der Waals surface area contributed by atoms with E-state index in [0.29, 0.717) is 29.2 Å². The maximum Gasteiger partial charge on any atom is 0.208 e. The number of rotatable bonds is 2. The Labute approximate surface area is 190 Å². The zero-order chi connectivity index (χ0) is 22.7. The highest BCUT2D eigenvalue weighted by Gasteiger charge is 2.58. The smallest absolute Gasteiger partial charge is 0.208 e. The van der Waals surface area contributed by atoms with Gasteiger partial charge in [-0.2, -0.15) is 5.10 Å². The van der Waals surface area contributed by atoms with Crippen molar-refractivity contribution in [2.75, 3.05) is 5.32 Å². The van der Waals surface area contributed by atoms with E-state index in [1.807, 2.05) is 44.2 Å². The Kier molecular flexibility index (Phi) is 5.17. The largest absolute Gasteiger partial charge is 0.385 e. The molecule has 0 amide bonds. The molecule has 1 fully saturated rings. The summed E-state index contributed by atoms with van der Waals surface area (Å²) < 4.78 is 0. The minimum Gasteiger partial charge on any atom is -0.385 e. The van der Waals surface area contributed by atoms with E-state index in [1.165, 1.54) is 0 Å². The number of Topliss-reactive ketones (excluding diaryl/α,β-unsaturated/α-hetero) is 1. The third-order valence-corrected chi connectivity index (χ3v) is 7.09. The lowest BCUT2D eigenvalue weighted by Crippen LogP contribution is -2.56. The third-order valence-electron chi connectivity index (χ3n) is 6.89. The molecule has 3 aliphatic carbocycles. The Balaban J connectivity index is 1.63. The van der Waals surface area contributed by atoms with Gasteiger partial charge in [0.25, 0.3) is 0 Å². The zero-order valence-corrected chi connectivity index (χ0v) is 19.9. The van der Waals surface area contributed by atoms with Crippen molar-refractivity contribution in [1.82, 2.24) is 5.43 Å². The monoisotopic (exact) mass is 439 g/mol. The van der Waals surface area contributed by atoms with Crippen molar-refractivity contribution < 1.29 is 9.90 Å². The molecular formula is C25H33N3O2S. The van der Waals surface area contributed by atoms with Gasteiger partial charge in [-0.05, 0) is 67.3 Å². The summed E-state index contributed by atoms with van der Waals surface area (Å²) in [7, 11) is 0. The van der Waals surface area contributed by atoms with Gasteiger partial charge in [-0.3, -0.25) is 10.2 Å². The molecule has 166 valence electrons. The molecule has 0 radical (unpaired) electrons. The first-order chi connectivity index (χ1) is 14.3. The number of allylic oxidation sites excluding steroid dienone is 1. The number of benzene rings is 1. The summed E-state index contributed by atoms with van der Waals surface area (Å²) in [5.74, 6) is -0.136. The van der Waals surface area contributed by atoms with Crippen molar-refractivity contribution in [3.63, 3.8) is 0 Å². The van der Waals surface area contributed by atoms with Gasteiger partial charge in [-0.1, -0.05) is 58.4 Å². The molecule has 3 N–H and O–H groups in total. The summed E-state index contributed by atoms with van der Waals surface area (Å²) in [5.41, 5.74) is 4.36. The van der Waals surface area contributed by atoms with E-state index in [-0.39, 0.29) is 16.6 Å². The summed E-state index contributed by atoms with van der Waals surface area (Å²) in [6, 6.07) is 9.59. The van der Waals surface area contributed by atoms with Crippen LogP contribution in [-0.2, 0) is 4.79 Å². The summed E-state index contributed by atoms with van der Waals surface area (Å²) in [5, 5.41) is 19.6. The van der Waals surface area contributed by atoms with Gasteiger partial charge in [0.05, 0.1) is 5.60 Å². The van der Waals surface area contributed by atoms with Gasteiger partial charge in [0.2, 0.25) is 5.78 Å².